The highest BCUT2D eigenvalue weighted by molar-refractivity contribution is 5.70. The maximum Gasteiger partial charge on any atom is 0.410 e. The van der Waals surface area contributed by atoms with Gasteiger partial charge in [-0.2, -0.15) is 0 Å². The third-order valence-corrected chi connectivity index (χ3v) is 5.51. The molecule has 2 aliphatic rings. The van der Waals surface area contributed by atoms with Gasteiger partial charge in [0.25, 0.3) is 0 Å². The molecule has 0 aliphatic carbocycles. The van der Waals surface area contributed by atoms with Crippen molar-refractivity contribution in [1.29, 1.82) is 0 Å². The number of rotatable bonds is 5. The Bertz CT molecular complexity index is 557. The van der Waals surface area contributed by atoms with Gasteiger partial charge in [-0.25, -0.2) is 4.79 Å². The van der Waals surface area contributed by atoms with Crippen LogP contribution in [0.25, 0.3) is 0 Å². The zero-order valence-electron chi connectivity index (χ0n) is 18.6. The number of piperidine rings is 1. The molecule has 7 nitrogen and oxygen atoms in total. The Balaban J connectivity index is 2.09. The first-order chi connectivity index (χ1) is 12.8. The molecule has 7 heteroatoms. The van der Waals surface area contributed by atoms with Crippen molar-refractivity contribution in [3.63, 3.8) is 0 Å². The van der Waals surface area contributed by atoms with Crippen molar-refractivity contribution in [3.05, 3.63) is 0 Å². The fourth-order valence-corrected chi connectivity index (χ4v) is 4.48. The van der Waals surface area contributed by atoms with E-state index in [4.69, 9.17) is 18.9 Å². The van der Waals surface area contributed by atoms with Crippen LogP contribution >= 0.6 is 0 Å². The van der Waals surface area contributed by atoms with Gasteiger partial charge in [0.2, 0.25) is 0 Å². The summed E-state index contributed by atoms with van der Waals surface area (Å²) in [5.74, 6) is -1.07. The van der Waals surface area contributed by atoms with E-state index < -0.39 is 16.9 Å². The third-order valence-electron chi connectivity index (χ3n) is 5.51. The Kier molecular flexibility index (Phi) is 6.71. The minimum atomic E-state index is -0.761. The van der Waals surface area contributed by atoms with Crippen LogP contribution in [0.2, 0.25) is 0 Å². The molecule has 0 bridgehead atoms. The highest BCUT2D eigenvalue weighted by Gasteiger charge is 2.58. The van der Waals surface area contributed by atoms with Crippen molar-refractivity contribution in [2.24, 2.45) is 5.41 Å². The molecule has 0 aromatic rings. The van der Waals surface area contributed by atoms with E-state index in [1.54, 1.807) is 0 Å². The highest BCUT2D eigenvalue weighted by atomic mass is 16.7. The summed E-state index contributed by atoms with van der Waals surface area (Å²) in [6, 6.07) is 0. The molecule has 0 aromatic carbocycles. The number of carbonyl (C=O) groups is 2. The second-order valence-electron chi connectivity index (χ2n) is 9.86. The van der Waals surface area contributed by atoms with Crippen LogP contribution in [0.15, 0.2) is 0 Å². The van der Waals surface area contributed by atoms with Crippen LogP contribution in [0.4, 0.5) is 4.79 Å². The fourth-order valence-electron chi connectivity index (χ4n) is 4.48. The number of hydrogen-bond donors (Lipinski definition) is 0. The van der Waals surface area contributed by atoms with E-state index in [1.165, 1.54) is 6.92 Å². The molecule has 2 heterocycles. The Hall–Kier alpha value is -1.34. The van der Waals surface area contributed by atoms with Gasteiger partial charge in [0.05, 0.1) is 19.8 Å². The topological polar surface area (TPSA) is 74.3 Å². The summed E-state index contributed by atoms with van der Waals surface area (Å²) in [6.45, 7) is 15.1. The van der Waals surface area contributed by atoms with Crippen LogP contribution in [-0.2, 0) is 23.7 Å². The molecule has 0 atom stereocenters. The predicted octanol–water partition coefficient (Wildman–Crippen LogP) is 3.89. The van der Waals surface area contributed by atoms with Crippen LogP contribution in [0.5, 0.6) is 0 Å². The van der Waals surface area contributed by atoms with Crippen LogP contribution < -0.4 is 0 Å². The summed E-state index contributed by atoms with van der Waals surface area (Å²) in [5.41, 5.74) is -1.36. The van der Waals surface area contributed by atoms with Crippen molar-refractivity contribution in [2.75, 3.05) is 26.4 Å². The zero-order chi connectivity index (χ0) is 21.2. The van der Waals surface area contributed by atoms with Crippen molar-refractivity contribution in [3.8, 4) is 0 Å². The lowest BCUT2D eigenvalue weighted by molar-refractivity contribution is -0.340. The second-order valence-corrected chi connectivity index (χ2v) is 9.86. The van der Waals surface area contributed by atoms with Gasteiger partial charge in [0.1, 0.15) is 6.61 Å². The van der Waals surface area contributed by atoms with Crippen molar-refractivity contribution >= 4 is 12.1 Å². The molecule has 28 heavy (non-hydrogen) atoms. The first-order valence-electron chi connectivity index (χ1n) is 10.2. The number of unbranched alkanes of at least 4 members (excludes halogenated alkanes) is 1. The first-order valence-corrected chi connectivity index (χ1v) is 10.2. The third kappa shape index (κ3) is 5.17. The molecule has 1 spiro atoms. The Morgan fingerprint density at radius 1 is 0.964 bits per heavy atom. The number of hydrogen-bond acceptors (Lipinski definition) is 6. The molecule has 2 fully saturated rings. The predicted molar refractivity (Wildman–Crippen MR) is 105 cm³/mol. The number of nitrogens with zero attached hydrogens (tertiary/aromatic N) is 1. The molecule has 2 rings (SSSR count). The molecular weight excluding hydrogens is 362 g/mol. The SMILES string of the molecule is CCCCOC(=O)N1C(C)(C)CC2(CC1(C)C)OCC(C)(COC(C)=O)CO2. The first kappa shape index (κ1) is 22.9. The van der Waals surface area contributed by atoms with Gasteiger partial charge in [-0.1, -0.05) is 20.3 Å². The summed E-state index contributed by atoms with van der Waals surface area (Å²) < 4.78 is 23.2. The van der Waals surface area contributed by atoms with Crippen molar-refractivity contribution < 1.29 is 28.5 Å². The second kappa shape index (κ2) is 8.19. The number of amides is 1. The Morgan fingerprint density at radius 2 is 1.50 bits per heavy atom. The lowest BCUT2D eigenvalue weighted by Gasteiger charge is -2.59. The normalized spacial score (nSPS) is 24.6. The smallest absolute Gasteiger partial charge is 0.410 e. The number of esters is 1. The van der Waals surface area contributed by atoms with Crippen LogP contribution in [0, 0.1) is 5.41 Å². The van der Waals surface area contributed by atoms with Crippen molar-refractivity contribution in [2.45, 2.75) is 91.0 Å². The quantitative estimate of drug-likeness (QED) is 0.516. The maximum absolute atomic E-state index is 12.8. The lowest BCUT2D eigenvalue weighted by Crippen LogP contribution is -2.69. The molecular formula is C21H37NO6. The summed E-state index contributed by atoms with van der Waals surface area (Å²) in [5, 5.41) is 0. The van der Waals surface area contributed by atoms with Gasteiger partial charge < -0.3 is 18.9 Å². The largest absolute Gasteiger partial charge is 0.465 e. The van der Waals surface area contributed by atoms with E-state index in [1.807, 2.05) is 39.5 Å². The average Bonchev–Trinajstić information content (AvgIpc) is 2.54. The molecule has 162 valence electrons. The molecule has 0 saturated carbocycles. The van der Waals surface area contributed by atoms with Crippen LogP contribution in [-0.4, -0.2) is 60.3 Å². The van der Waals surface area contributed by atoms with E-state index in [9.17, 15) is 9.59 Å². The maximum atomic E-state index is 12.8. The van der Waals surface area contributed by atoms with Gasteiger partial charge in [0, 0.05) is 36.3 Å². The molecule has 2 saturated heterocycles. The number of carbonyl (C=O) groups excluding carboxylic acids is 2. The van der Waals surface area contributed by atoms with E-state index in [-0.39, 0.29) is 24.1 Å². The molecule has 1 amide bonds. The van der Waals surface area contributed by atoms with E-state index >= 15 is 0 Å². The van der Waals surface area contributed by atoms with E-state index in [0.29, 0.717) is 32.7 Å². The lowest BCUT2D eigenvalue weighted by atomic mass is 9.75. The number of likely N-dealkylation sites (tertiary alicyclic amines) is 1. The van der Waals surface area contributed by atoms with Crippen molar-refractivity contribution in [1.82, 2.24) is 4.90 Å². The van der Waals surface area contributed by atoms with Gasteiger partial charge in [-0.15, -0.1) is 0 Å². The van der Waals surface area contributed by atoms with Crippen LogP contribution in [0.3, 0.4) is 0 Å². The Morgan fingerprint density at radius 3 is 1.96 bits per heavy atom. The molecule has 2 aliphatic heterocycles. The van der Waals surface area contributed by atoms with Gasteiger partial charge in [0.15, 0.2) is 5.79 Å². The number of ether oxygens (including phenoxy) is 4. The zero-order valence-corrected chi connectivity index (χ0v) is 18.6. The fraction of sp³-hybridized carbons (Fsp3) is 0.905. The molecule has 0 aromatic heterocycles. The monoisotopic (exact) mass is 399 g/mol. The minimum absolute atomic E-state index is 0.265. The summed E-state index contributed by atoms with van der Waals surface area (Å²) >= 11 is 0. The summed E-state index contributed by atoms with van der Waals surface area (Å²) in [7, 11) is 0. The highest BCUT2D eigenvalue weighted by Crippen LogP contribution is 2.48. The molecule has 0 unspecified atom stereocenters. The van der Waals surface area contributed by atoms with E-state index in [0.717, 1.165) is 12.8 Å². The summed E-state index contributed by atoms with van der Waals surface area (Å²) in [4.78, 5) is 25.8. The minimum Gasteiger partial charge on any atom is -0.465 e. The molecule has 0 radical (unpaired) electrons. The average molecular weight is 400 g/mol. The summed E-state index contributed by atoms with van der Waals surface area (Å²) in [6.07, 6.45) is 2.66. The van der Waals surface area contributed by atoms with Gasteiger partial charge in [-0.3, -0.25) is 9.69 Å². The van der Waals surface area contributed by atoms with Crippen LogP contribution in [0.1, 0.15) is 74.1 Å². The van der Waals surface area contributed by atoms with Gasteiger partial charge in [-0.05, 0) is 34.1 Å². The molecule has 0 N–H and O–H groups in total. The Labute approximate surface area is 169 Å². The standard InChI is InChI=1S/C21H37NO6/c1-8-9-10-25-17(24)22-18(3,4)11-21(12-19(22,5)6)27-14-20(7,15-28-21)13-26-16(2)23/h8-15H2,1-7H3. The van der Waals surface area contributed by atoms with Gasteiger partial charge >= 0.3 is 12.1 Å². The van der Waals surface area contributed by atoms with E-state index in [2.05, 4.69) is 6.92 Å².